The molecule has 2 aromatic rings. The second-order valence-electron chi connectivity index (χ2n) is 4.81. The molecule has 1 aromatic carbocycles. The van der Waals surface area contributed by atoms with Crippen molar-refractivity contribution in [1.29, 1.82) is 0 Å². The number of carbonyl (C=O) groups is 2. The van der Waals surface area contributed by atoms with Crippen molar-refractivity contribution in [3.05, 3.63) is 30.0 Å². The van der Waals surface area contributed by atoms with Gasteiger partial charge in [-0.25, -0.2) is 0 Å². The van der Waals surface area contributed by atoms with Gasteiger partial charge < -0.3 is 19.2 Å². The standard InChI is InChI=1S/C16H19NO5/c1-3-6-17-15(18)10-22-16(19)7-11-9-21-14-8-12(20-2)4-5-13(11)14/h4-5,8-9H,3,6-7,10H2,1-2H3,(H,17,18). The van der Waals surface area contributed by atoms with Gasteiger partial charge in [-0.1, -0.05) is 6.92 Å². The Bertz CT molecular complexity index is 662. The van der Waals surface area contributed by atoms with E-state index in [4.69, 9.17) is 13.9 Å². The van der Waals surface area contributed by atoms with Gasteiger partial charge in [0.2, 0.25) is 0 Å². The average Bonchev–Trinajstić information content (AvgIpc) is 2.92. The van der Waals surface area contributed by atoms with E-state index in [0.717, 1.165) is 17.4 Å². The van der Waals surface area contributed by atoms with Crippen molar-refractivity contribution >= 4 is 22.8 Å². The maximum atomic E-state index is 11.8. The average molecular weight is 305 g/mol. The maximum absolute atomic E-state index is 11.8. The summed E-state index contributed by atoms with van der Waals surface area (Å²) in [6, 6.07) is 5.38. The normalized spacial score (nSPS) is 10.5. The predicted octanol–water partition coefficient (Wildman–Crippen LogP) is 2.05. The first kappa shape index (κ1) is 15.9. The minimum Gasteiger partial charge on any atom is -0.497 e. The highest BCUT2D eigenvalue weighted by molar-refractivity contribution is 5.87. The molecule has 0 atom stereocenters. The lowest BCUT2D eigenvalue weighted by atomic mass is 10.1. The highest BCUT2D eigenvalue weighted by Gasteiger charge is 2.13. The molecule has 0 radical (unpaired) electrons. The number of esters is 1. The fourth-order valence-corrected chi connectivity index (χ4v) is 2.00. The number of rotatable bonds is 7. The Morgan fingerprint density at radius 3 is 2.86 bits per heavy atom. The zero-order valence-electron chi connectivity index (χ0n) is 12.7. The van der Waals surface area contributed by atoms with E-state index in [-0.39, 0.29) is 18.9 Å². The Balaban J connectivity index is 1.93. The fraction of sp³-hybridized carbons (Fsp3) is 0.375. The van der Waals surface area contributed by atoms with Crippen molar-refractivity contribution in [2.24, 2.45) is 0 Å². The molecule has 2 rings (SSSR count). The van der Waals surface area contributed by atoms with E-state index in [1.54, 1.807) is 19.2 Å². The Morgan fingerprint density at radius 2 is 2.14 bits per heavy atom. The van der Waals surface area contributed by atoms with Gasteiger partial charge in [-0.05, 0) is 18.6 Å². The van der Waals surface area contributed by atoms with E-state index in [1.807, 2.05) is 13.0 Å². The first-order valence-corrected chi connectivity index (χ1v) is 7.10. The molecule has 118 valence electrons. The molecule has 1 amide bonds. The smallest absolute Gasteiger partial charge is 0.310 e. The van der Waals surface area contributed by atoms with Crippen molar-refractivity contribution in [2.75, 3.05) is 20.3 Å². The lowest BCUT2D eigenvalue weighted by Crippen LogP contribution is -2.29. The molecule has 0 spiro atoms. The molecule has 0 fully saturated rings. The Kier molecular flexibility index (Phi) is 5.41. The van der Waals surface area contributed by atoms with Crippen LogP contribution in [0.2, 0.25) is 0 Å². The summed E-state index contributed by atoms with van der Waals surface area (Å²) in [7, 11) is 1.58. The topological polar surface area (TPSA) is 77.8 Å². The third kappa shape index (κ3) is 4.00. The van der Waals surface area contributed by atoms with Crippen LogP contribution < -0.4 is 10.1 Å². The minimum absolute atomic E-state index is 0.0559. The molecular weight excluding hydrogens is 286 g/mol. The number of nitrogens with one attached hydrogen (secondary N) is 1. The van der Waals surface area contributed by atoms with Gasteiger partial charge in [0.15, 0.2) is 6.61 Å². The molecule has 1 heterocycles. The van der Waals surface area contributed by atoms with Gasteiger partial charge >= 0.3 is 5.97 Å². The number of fused-ring (bicyclic) bond motifs is 1. The highest BCUT2D eigenvalue weighted by Crippen LogP contribution is 2.25. The van der Waals surface area contributed by atoms with E-state index < -0.39 is 5.97 Å². The summed E-state index contributed by atoms with van der Waals surface area (Å²) in [5.74, 6) is -0.0780. The van der Waals surface area contributed by atoms with Gasteiger partial charge in [-0.3, -0.25) is 9.59 Å². The van der Waals surface area contributed by atoms with Crippen molar-refractivity contribution in [2.45, 2.75) is 19.8 Å². The first-order chi connectivity index (χ1) is 10.6. The van der Waals surface area contributed by atoms with Crippen LogP contribution in [-0.4, -0.2) is 32.1 Å². The molecule has 0 saturated heterocycles. The molecule has 22 heavy (non-hydrogen) atoms. The Labute approximate surface area is 128 Å². The van der Waals surface area contributed by atoms with Crippen LogP contribution in [-0.2, 0) is 20.7 Å². The number of methoxy groups -OCH3 is 1. The Morgan fingerprint density at radius 1 is 1.32 bits per heavy atom. The third-order valence-corrected chi connectivity index (χ3v) is 3.13. The molecule has 1 N–H and O–H groups in total. The lowest BCUT2D eigenvalue weighted by molar-refractivity contribution is -0.147. The van der Waals surface area contributed by atoms with Crippen LogP contribution in [0.15, 0.2) is 28.9 Å². The van der Waals surface area contributed by atoms with Crippen LogP contribution in [0, 0.1) is 0 Å². The zero-order chi connectivity index (χ0) is 15.9. The van der Waals surface area contributed by atoms with E-state index in [2.05, 4.69) is 5.32 Å². The third-order valence-electron chi connectivity index (χ3n) is 3.13. The van der Waals surface area contributed by atoms with Gasteiger partial charge in [-0.15, -0.1) is 0 Å². The van der Waals surface area contributed by atoms with Crippen LogP contribution in [0.25, 0.3) is 11.0 Å². The van der Waals surface area contributed by atoms with Gasteiger partial charge in [-0.2, -0.15) is 0 Å². The SMILES string of the molecule is CCCNC(=O)COC(=O)Cc1coc2cc(OC)ccc12. The zero-order valence-corrected chi connectivity index (χ0v) is 12.7. The van der Waals surface area contributed by atoms with Crippen molar-refractivity contribution in [1.82, 2.24) is 5.32 Å². The minimum atomic E-state index is -0.467. The molecule has 0 aliphatic rings. The van der Waals surface area contributed by atoms with Crippen LogP contribution in [0.1, 0.15) is 18.9 Å². The second kappa shape index (κ2) is 7.49. The van der Waals surface area contributed by atoms with Crippen LogP contribution in [0.4, 0.5) is 0 Å². The quantitative estimate of drug-likeness (QED) is 0.792. The van der Waals surface area contributed by atoms with Crippen LogP contribution in [0.5, 0.6) is 5.75 Å². The number of hydrogen-bond acceptors (Lipinski definition) is 5. The predicted molar refractivity (Wildman–Crippen MR) is 80.7 cm³/mol. The summed E-state index contributed by atoms with van der Waals surface area (Å²) in [6.45, 7) is 2.26. The number of ether oxygens (including phenoxy) is 2. The molecule has 0 bridgehead atoms. The Hall–Kier alpha value is -2.50. The molecule has 6 nitrogen and oxygen atoms in total. The van der Waals surface area contributed by atoms with Crippen LogP contribution >= 0.6 is 0 Å². The van der Waals surface area contributed by atoms with Gasteiger partial charge in [0.05, 0.1) is 19.8 Å². The number of benzene rings is 1. The molecule has 0 aliphatic heterocycles. The summed E-state index contributed by atoms with van der Waals surface area (Å²) >= 11 is 0. The monoisotopic (exact) mass is 305 g/mol. The van der Waals surface area contributed by atoms with Gasteiger partial charge in [0.1, 0.15) is 11.3 Å². The summed E-state index contributed by atoms with van der Waals surface area (Å²) in [5, 5.41) is 3.47. The van der Waals surface area contributed by atoms with Gasteiger partial charge in [0, 0.05) is 23.6 Å². The van der Waals surface area contributed by atoms with Crippen molar-refractivity contribution in [3.63, 3.8) is 0 Å². The first-order valence-electron chi connectivity index (χ1n) is 7.10. The number of carbonyl (C=O) groups excluding carboxylic acids is 2. The van der Waals surface area contributed by atoms with E-state index in [0.29, 0.717) is 17.9 Å². The maximum Gasteiger partial charge on any atom is 0.310 e. The van der Waals surface area contributed by atoms with E-state index >= 15 is 0 Å². The van der Waals surface area contributed by atoms with Crippen molar-refractivity contribution < 1.29 is 23.5 Å². The lowest BCUT2D eigenvalue weighted by Gasteiger charge is -2.05. The molecular formula is C16H19NO5. The number of amides is 1. The molecule has 0 aliphatic carbocycles. The highest BCUT2D eigenvalue weighted by atomic mass is 16.5. The van der Waals surface area contributed by atoms with E-state index in [1.165, 1.54) is 6.26 Å². The summed E-state index contributed by atoms with van der Waals surface area (Å²) in [6.07, 6.45) is 2.41. The fourth-order valence-electron chi connectivity index (χ4n) is 2.00. The molecule has 6 heteroatoms. The molecule has 0 unspecified atom stereocenters. The number of hydrogen-bond donors (Lipinski definition) is 1. The molecule has 0 saturated carbocycles. The van der Waals surface area contributed by atoms with E-state index in [9.17, 15) is 9.59 Å². The summed E-state index contributed by atoms with van der Waals surface area (Å²) in [4.78, 5) is 23.2. The summed E-state index contributed by atoms with van der Waals surface area (Å²) < 4.78 is 15.5. The largest absolute Gasteiger partial charge is 0.497 e. The second-order valence-corrected chi connectivity index (χ2v) is 4.81. The summed E-state index contributed by atoms with van der Waals surface area (Å²) in [5.41, 5.74) is 1.36. The van der Waals surface area contributed by atoms with Crippen LogP contribution in [0.3, 0.4) is 0 Å². The number of furan rings is 1. The molecule has 1 aromatic heterocycles. The van der Waals surface area contributed by atoms with Crippen molar-refractivity contribution in [3.8, 4) is 5.75 Å². The van der Waals surface area contributed by atoms with Gasteiger partial charge in [0.25, 0.3) is 5.91 Å².